The van der Waals surface area contributed by atoms with Gasteiger partial charge in [-0.3, -0.25) is 14.8 Å². The van der Waals surface area contributed by atoms with E-state index in [0.717, 1.165) is 10.7 Å². The Balaban J connectivity index is 2.22. The number of non-ortho nitro benzene ring substituents is 1. The molecule has 0 atom stereocenters. The maximum absolute atomic E-state index is 12.4. The summed E-state index contributed by atoms with van der Waals surface area (Å²) in [6, 6.07) is 4.92. The van der Waals surface area contributed by atoms with Gasteiger partial charge in [0.2, 0.25) is 0 Å². The lowest BCUT2D eigenvalue weighted by atomic mass is 10.2. The maximum atomic E-state index is 12.4. The zero-order valence-corrected chi connectivity index (χ0v) is 11.3. The van der Waals surface area contributed by atoms with Gasteiger partial charge in [-0.1, -0.05) is 15.9 Å². The molecule has 0 aliphatic heterocycles. The lowest BCUT2D eigenvalue weighted by molar-refractivity contribution is -0.384. The zero-order chi connectivity index (χ0) is 14.9. The van der Waals surface area contributed by atoms with Crippen LogP contribution < -0.4 is 0 Å². The van der Waals surface area contributed by atoms with Crippen molar-refractivity contribution in [3.8, 4) is 0 Å². The number of alkyl halides is 3. The quantitative estimate of drug-likeness (QED) is 0.628. The van der Waals surface area contributed by atoms with Crippen LogP contribution in [0.1, 0.15) is 11.3 Å². The van der Waals surface area contributed by atoms with Crippen LogP contribution in [-0.2, 0) is 12.7 Å². The number of halogens is 4. The summed E-state index contributed by atoms with van der Waals surface area (Å²) in [5.74, 6) is 0. The normalized spacial score (nSPS) is 11.6. The van der Waals surface area contributed by atoms with Crippen molar-refractivity contribution in [2.24, 2.45) is 0 Å². The topological polar surface area (TPSA) is 61.0 Å². The number of nitrogens with zero attached hydrogens (tertiary/aromatic N) is 3. The van der Waals surface area contributed by atoms with Gasteiger partial charge >= 0.3 is 6.18 Å². The third-order valence-electron chi connectivity index (χ3n) is 2.51. The predicted octanol–water partition coefficient (Wildman–Crippen LogP) is 3.62. The summed E-state index contributed by atoms with van der Waals surface area (Å²) >= 11 is 3.15. The number of hydrogen-bond acceptors (Lipinski definition) is 3. The molecule has 20 heavy (non-hydrogen) atoms. The summed E-state index contributed by atoms with van der Waals surface area (Å²) in [5, 5.41) is 14.0. The minimum atomic E-state index is -4.49. The monoisotopic (exact) mass is 349 g/mol. The molecule has 0 N–H and O–H groups in total. The number of rotatable bonds is 3. The molecule has 0 aliphatic carbocycles. The van der Waals surface area contributed by atoms with Gasteiger partial charge in [0, 0.05) is 22.8 Å². The van der Waals surface area contributed by atoms with Crippen molar-refractivity contribution in [3.63, 3.8) is 0 Å². The van der Waals surface area contributed by atoms with Crippen molar-refractivity contribution in [3.05, 3.63) is 56.3 Å². The van der Waals surface area contributed by atoms with Crippen LogP contribution in [0.25, 0.3) is 0 Å². The predicted molar refractivity (Wildman–Crippen MR) is 67.1 cm³/mol. The molecular weight excluding hydrogens is 343 g/mol. The average molecular weight is 350 g/mol. The van der Waals surface area contributed by atoms with E-state index in [1.807, 2.05) is 0 Å². The van der Waals surface area contributed by atoms with Crippen LogP contribution in [0.3, 0.4) is 0 Å². The molecule has 1 aromatic heterocycles. The summed E-state index contributed by atoms with van der Waals surface area (Å²) in [6.45, 7) is 0.0780. The van der Waals surface area contributed by atoms with Crippen LogP contribution in [0.15, 0.2) is 34.9 Å². The fraction of sp³-hybridized carbons (Fsp3) is 0.182. The molecule has 0 aliphatic rings. The summed E-state index contributed by atoms with van der Waals surface area (Å²) < 4.78 is 38.8. The molecule has 1 heterocycles. The Bertz CT molecular complexity index is 655. The van der Waals surface area contributed by atoms with Gasteiger partial charge in [0.05, 0.1) is 11.5 Å². The number of aromatic nitrogens is 2. The van der Waals surface area contributed by atoms with Gasteiger partial charge in [-0.15, -0.1) is 0 Å². The zero-order valence-electron chi connectivity index (χ0n) is 9.76. The van der Waals surface area contributed by atoms with Crippen LogP contribution in [0.2, 0.25) is 0 Å². The van der Waals surface area contributed by atoms with E-state index >= 15 is 0 Å². The van der Waals surface area contributed by atoms with Gasteiger partial charge in [0.15, 0.2) is 5.69 Å². The first kappa shape index (κ1) is 14.5. The van der Waals surface area contributed by atoms with Crippen LogP contribution in [-0.4, -0.2) is 14.7 Å². The lowest BCUT2D eigenvalue weighted by Crippen LogP contribution is -2.08. The summed E-state index contributed by atoms with van der Waals surface area (Å²) in [4.78, 5) is 10.0. The molecule has 0 radical (unpaired) electrons. The first-order valence-corrected chi connectivity index (χ1v) is 6.10. The van der Waals surface area contributed by atoms with E-state index in [-0.39, 0.29) is 12.2 Å². The Labute approximate surface area is 119 Å². The molecule has 0 bridgehead atoms. The Morgan fingerprint density at radius 2 is 2.05 bits per heavy atom. The Morgan fingerprint density at radius 3 is 2.55 bits per heavy atom. The highest BCUT2D eigenvalue weighted by atomic mass is 79.9. The van der Waals surface area contributed by atoms with Gasteiger partial charge in [0.1, 0.15) is 0 Å². The van der Waals surface area contributed by atoms with E-state index in [0.29, 0.717) is 10.0 Å². The van der Waals surface area contributed by atoms with E-state index < -0.39 is 16.8 Å². The first-order valence-electron chi connectivity index (χ1n) is 5.31. The Hall–Kier alpha value is -1.90. The summed E-state index contributed by atoms with van der Waals surface area (Å²) in [7, 11) is 0. The largest absolute Gasteiger partial charge is 0.435 e. The van der Waals surface area contributed by atoms with E-state index in [1.165, 1.54) is 24.4 Å². The van der Waals surface area contributed by atoms with Crippen molar-refractivity contribution in [2.45, 2.75) is 12.7 Å². The lowest BCUT2D eigenvalue weighted by Gasteiger charge is -2.05. The van der Waals surface area contributed by atoms with Gasteiger partial charge in [-0.25, -0.2) is 0 Å². The van der Waals surface area contributed by atoms with Gasteiger partial charge in [-0.2, -0.15) is 18.3 Å². The number of nitro groups is 1. The van der Waals surface area contributed by atoms with E-state index in [9.17, 15) is 23.3 Å². The number of hydrogen-bond donors (Lipinski definition) is 0. The minimum Gasteiger partial charge on any atom is -0.268 e. The molecule has 0 unspecified atom stereocenters. The number of nitro benzene ring substituents is 1. The molecule has 9 heteroatoms. The fourth-order valence-corrected chi connectivity index (χ4v) is 2.05. The van der Waals surface area contributed by atoms with Gasteiger partial charge in [-0.05, 0) is 17.7 Å². The SMILES string of the molecule is O=[N+]([O-])c1ccc(Cn2ccc(C(F)(F)F)n2)c(Br)c1. The standard InChI is InChI=1S/C11H7BrF3N3O2/c12-9-5-8(18(19)20)2-1-7(9)6-17-4-3-10(16-17)11(13,14)15/h1-5H,6H2. The van der Waals surface area contributed by atoms with Crippen molar-refractivity contribution in [2.75, 3.05) is 0 Å². The maximum Gasteiger partial charge on any atom is 0.435 e. The van der Waals surface area contributed by atoms with Gasteiger partial charge < -0.3 is 0 Å². The molecule has 2 rings (SSSR count). The Kier molecular flexibility index (Phi) is 3.80. The molecule has 0 saturated carbocycles. The molecule has 2 aromatic rings. The van der Waals surface area contributed by atoms with Crippen molar-refractivity contribution in [1.82, 2.24) is 9.78 Å². The first-order chi connectivity index (χ1) is 9.27. The van der Waals surface area contributed by atoms with E-state index in [2.05, 4.69) is 21.0 Å². The molecule has 0 saturated heterocycles. The molecule has 1 aromatic carbocycles. The molecule has 0 spiro atoms. The van der Waals surface area contributed by atoms with Crippen LogP contribution >= 0.6 is 15.9 Å². The summed E-state index contributed by atoms with van der Waals surface area (Å²) in [5.41, 5.74) is -0.486. The van der Waals surface area contributed by atoms with Crippen molar-refractivity contribution in [1.29, 1.82) is 0 Å². The van der Waals surface area contributed by atoms with Crippen molar-refractivity contribution >= 4 is 21.6 Å². The molecular formula is C11H7BrF3N3O2. The van der Waals surface area contributed by atoms with Crippen LogP contribution in [0.4, 0.5) is 18.9 Å². The molecule has 5 nitrogen and oxygen atoms in total. The van der Waals surface area contributed by atoms with Gasteiger partial charge in [0.25, 0.3) is 5.69 Å². The highest BCUT2D eigenvalue weighted by Gasteiger charge is 2.33. The van der Waals surface area contributed by atoms with Crippen LogP contribution in [0, 0.1) is 10.1 Å². The smallest absolute Gasteiger partial charge is 0.268 e. The highest BCUT2D eigenvalue weighted by molar-refractivity contribution is 9.10. The molecule has 106 valence electrons. The third-order valence-corrected chi connectivity index (χ3v) is 3.25. The molecule has 0 amide bonds. The fourth-order valence-electron chi connectivity index (χ4n) is 1.55. The third kappa shape index (κ3) is 3.16. The van der Waals surface area contributed by atoms with Crippen molar-refractivity contribution < 1.29 is 18.1 Å². The second-order valence-corrected chi connectivity index (χ2v) is 4.78. The highest BCUT2D eigenvalue weighted by Crippen LogP contribution is 2.28. The molecule has 0 fully saturated rings. The minimum absolute atomic E-state index is 0.0780. The Morgan fingerprint density at radius 1 is 1.35 bits per heavy atom. The second-order valence-electron chi connectivity index (χ2n) is 3.93. The van der Waals surface area contributed by atoms with E-state index in [1.54, 1.807) is 0 Å². The number of benzene rings is 1. The van der Waals surface area contributed by atoms with E-state index in [4.69, 9.17) is 0 Å². The summed E-state index contributed by atoms with van der Waals surface area (Å²) in [6.07, 6.45) is -3.28. The second kappa shape index (κ2) is 5.23. The van der Waals surface area contributed by atoms with Crippen LogP contribution in [0.5, 0.6) is 0 Å². The average Bonchev–Trinajstić information content (AvgIpc) is 2.80.